The maximum absolute atomic E-state index is 11.5. The van der Waals surface area contributed by atoms with Crippen LogP contribution >= 0.6 is 11.3 Å². The summed E-state index contributed by atoms with van der Waals surface area (Å²) in [5.74, 6) is -0.256. The van der Waals surface area contributed by atoms with Crippen molar-refractivity contribution < 1.29 is 14.6 Å². The van der Waals surface area contributed by atoms with Crippen LogP contribution in [0.3, 0.4) is 0 Å². The zero-order valence-electron chi connectivity index (χ0n) is 8.89. The van der Waals surface area contributed by atoms with Crippen LogP contribution in [0.25, 0.3) is 0 Å². The van der Waals surface area contributed by atoms with Gasteiger partial charge in [0.15, 0.2) is 0 Å². The Labute approximate surface area is 98.2 Å². The van der Waals surface area contributed by atoms with Crippen LogP contribution in [0.1, 0.15) is 11.3 Å². The normalized spacial score (nSPS) is 24.6. The van der Waals surface area contributed by atoms with Gasteiger partial charge in [0.25, 0.3) is 0 Å². The lowest BCUT2D eigenvalue weighted by Gasteiger charge is -2.09. The van der Waals surface area contributed by atoms with Crippen molar-refractivity contribution in [1.29, 1.82) is 0 Å². The first kappa shape index (κ1) is 11.6. The van der Waals surface area contributed by atoms with Gasteiger partial charge in [-0.05, 0) is 11.4 Å². The van der Waals surface area contributed by atoms with Crippen molar-refractivity contribution in [3.63, 3.8) is 0 Å². The lowest BCUT2D eigenvalue weighted by atomic mass is 10.2. The lowest BCUT2D eigenvalue weighted by Crippen LogP contribution is -2.32. The molecule has 1 aliphatic rings. The summed E-state index contributed by atoms with van der Waals surface area (Å²) < 4.78 is 5.14. The molecule has 5 heteroatoms. The van der Waals surface area contributed by atoms with E-state index in [4.69, 9.17) is 4.74 Å². The molecule has 0 bridgehead atoms. The summed E-state index contributed by atoms with van der Waals surface area (Å²) in [7, 11) is 0. The smallest absolute Gasteiger partial charge is 0.323 e. The topological polar surface area (TPSA) is 58.6 Å². The van der Waals surface area contributed by atoms with E-state index in [-0.39, 0.29) is 12.0 Å². The Bertz CT molecular complexity index is 339. The van der Waals surface area contributed by atoms with E-state index in [9.17, 15) is 9.90 Å². The Morgan fingerprint density at radius 1 is 1.69 bits per heavy atom. The number of β-amino-alcohol motifs (C(OH)–C–C–N with tert-alkyl or cyclic N) is 1. The number of carbonyl (C=O) groups is 1. The van der Waals surface area contributed by atoms with E-state index in [2.05, 4.69) is 5.32 Å². The van der Waals surface area contributed by atoms with E-state index in [0.29, 0.717) is 19.6 Å². The van der Waals surface area contributed by atoms with Crippen molar-refractivity contribution >= 4 is 17.3 Å². The Morgan fingerprint density at radius 2 is 2.56 bits per heavy atom. The molecular formula is C11H15NO3S. The van der Waals surface area contributed by atoms with Gasteiger partial charge < -0.3 is 15.2 Å². The predicted octanol–water partition coefficient (Wildman–Crippen LogP) is 0.557. The summed E-state index contributed by atoms with van der Waals surface area (Å²) in [6.07, 6.45) is 0.797. The van der Waals surface area contributed by atoms with E-state index < -0.39 is 6.10 Å². The average Bonchev–Trinajstić information content (AvgIpc) is 2.89. The van der Waals surface area contributed by atoms with Crippen LogP contribution in [0.5, 0.6) is 0 Å². The van der Waals surface area contributed by atoms with Crippen molar-refractivity contribution in [2.24, 2.45) is 0 Å². The van der Waals surface area contributed by atoms with Crippen LogP contribution < -0.4 is 5.32 Å². The molecule has 2 rings (SSSR count). The molecule has 4 nitrogen and oxygen atoms in total. The fourth-order valence-corrected chi connectivity index (χ4v) is 2.39. The van der Waals surface area contributed by atoms with Gasteiger partial charge in [-0.1, -0.05) is 6.07 Å². The molecule has 1 fully saturated rings. The van der Waals surface area contributed by atoms with E-state index in [1.165, 1.54) is 4.88 Å². The zero-order valence-corrected chi connectivity index (χ0v) is 9.70. The van der Waals surface area contributed by atoms with Crippen LogP contribution in [0.15, 0.2) is 17.5 Å². The highest BCUT2D eigenvalue weighted by molar-refractivity contribution is 7.09. The first-order chi connectivity index (χ1) is 7.75. The molecule has 1 saturated heterocycles. The Morgan fingerprint density at radius 3 is 3.19 bits per heavy atom. The summed E-state index contributed by atoms with van der Waals surface area (Å²) in [5, 5.41) is 14.2. The molecule has 1 aliphatic heterocycles. The first-order valence-electron chi connectivity index (χ1n) is 5.36. The van der Waals surface area contributed by atoms with Crippen LogP contribution in [-0.4, -0.2) is 36.4 Å². The Hall–Kier alpha value is -0.910. The number of aliphatic hydroxyl groups is 1. The fraction of sp³-hybridized carbons (Fsp3) is 0.545. The number of thiophene rings is 1. The lowest BCUT2D eigenvalue weighted by molar-refractivity contribution is -0.145. The van der Waals surface area contributed by atoms with Gasteiger partial charge >= 0.3 is 5.97 Å². The highest BCUT2D eigenvalue weighted by Gasteiger charge is 2.28. The van der Waals surface area contributed by atoms with Crippen molar-refractivity contribution in [3.8, 4) is 0 Å². The number of ether oxygens (including phenoxy) is 1. The summed E-state index contributed by atoms with van der Waals surface area (Å²) in [6, 6.07) is 3.67. The van der Waals surface area contributed by atoms with Crippen molar-refractivity contribution in [1.82, 2.24) is 5.32 Å². The summed E-state index contributed by atoms with van der Waals surface area (Å²) in [6.45, 7) is 0.887. The van der Waals surface area contributed by atoms with Crippen molar-refractivity contribution in [2.75, 3.05) is 13.2 Å². The third kappa shape index (κ3) is 3.04. The highest BCUT2D eigenvalue weighted by atomic mass is 32.1. The Balaban J connectivity index is 1.68. The van der Waals surface area contributed by atoms with E-state index in [1.807, 2.05) is 17.5 Å². The molecule has 0 aliphatic carbocycles. The van der Waals surface area contributed by atoms with E-state index in [1.54, 1.807) is 11.3 Å². The summed E-state index contributed by atoms with van der Waals surface area (Å²) >= 11 is 1.66. The number of carbonyl (C=O) groups excluding carboxylic acids is 1. The number of aliphatic hydroxyl groups excluding tert-OH is 1. The average molecular weight is 241 g/mol. The van der Waals surface area contributed by atoms with Crippen LogP contribution in [0.4, 0.5) is 0 Å². The maximum Gasteiger partial charge on any atom is 0.323 e. The van der Waals surface area contributed by atoms with Crippen LogP contribution in [-0.2, 0) is 16.0 Å². The molecule has 0 spiro atoms. The number of esters is 1. The standard InChI is InChI=1S/C11H15NO3S/c13-8-6-10(12-7-8)11(14)15-4-3-9-2-1-5-16-9/h1-2,5,8,10,12-13H,3-4,6-7H2/t8-,10+/m1/s1. The van der Waals surface area contributed by atoms with Gasteiger partial charge in [-0.25, -0.2) is 0 Å². The minimum Gasteiger partial charge on any atom is -0.464 e. The van der Waals surface area contributed by atoms with Gasteiger partial charge in [-0.15, -0.1) is 11.3 Å². The zero-order chi connectivity index (χ0) is 11.4. The van der Waals surface area contributed by atoms with Crippen LogP contribution in [0.2, 0.25) is 0 Å². The van der Waals surface area contributed by atoms with E-state index >= 15 is 0 Å². The van der Waals surface area contributed by atoms with Crippen LogP contribution in [0, 0.1) is 0 Å². The van der Waals surface area contributed by atoms with Gasteiger partial charge in [0.05, 0.1) is 12.7 Å². The number of nitrogens with one attached hydrogen (secondary N) is 1. The molecule has 0 saturated carbocycles. The second kappa shape index (κ2) is 5.43. The monoisotopic (exact) mass is 241 g/mol. The third-order valence-corrected chi connectivity index (χ3v) is 3.50. The van der Waals surface area contributed by atoms with Gasteiger partial charge in [-0.3, -0.25) is 4.79 Å². The predicted molar refractivity (Wildman–Crippen MR) is 61.4 cm³/mol. The summed E-state index contributed by atoms with van der Waals surface area (Å²) in [4.78, 5) is 12.7. The van der Waals surface area contributed by atoms with Crippen molar-refractivity contribution in [2.45, 2.75) is 25.0 Å². The minimum absolute atomic E-state index is 0.256. The van der Waals surface area contributed by atoms with Gasteiger partial charge in [0.2, 0.25) is 0 Å². The molecule has 1 aromatic heterocycles. The van der Waals surface area contributed by atoms with E-state index in [0.717, 1.165) is 6.42 Å². The summed E-state index contributed by atoms with van der Waals surface area (Å²) in [5.41, 5.74) is 0. The molecular weight excluding hydrogens is 226 g/mol. The minimum atomic E-state index is -0.421. The molecule has 88 valence electrons. The highest BCUT2D eigenvalue weighted by Crippen LogP contribution is 2.11. The quantitative estimate of drug-likeness (QED) is 0.756. The molecule has 2 N–H and O–H groups in total. The molecule has 2 heterocycles. The van der Waals surface area contributed by atoms with Gasteiger partial charge in [0, 0.05) is 24.3 Å². The molecule has 0 unspecified atom stereocenters. The molecule has 0 aromatic carbocycles. The molecule has 0 radical (unpaired) electrons. The largest absolute Gasteiger partial charge is 0.464 e. The molecule has 0 amide bonds. The second-order valence-corrected chi connectivity index (χ2v) is 4.88. The first-order valence-corrected chi connectivity index (χ1v) is 6.24. The number of rotatable bonds is 4. The number of hydrogen-bond donors (Lipinski definition) is 2. The maximum atomic E-state index is 11.5. The van der Waals surface area contributed by atoms with Gasteiger partial charge in [0.1, 0.15) is 6.04 Å². The number of hydrogen-bond acceptors (Lipinski definition) is 5. The molecule has 2 atom stereocenters. The second-order valence-electron chi connectivity index (χ2n) is 3.85. The SMILES string of the molecule is O=C(OCCc1cccs1)[C@@H]1C[C@@H](O)CN1. The third-order valence-electron chi connectivity index (χ3n) is 2.57. The Kier molecular flexibility index (Phi) is 3.93. The molecule has 1 aromatic rings. The fourth-order valence-electron chi connectivity index (χ4n) is 1.70. The van der Waals surface area contributed by atoms with Gasteiger partial charge in [-0.2, -0.15) is 0 Å². The molecule has 16 heavy (non-hydrogen) atoms. The van der Waals surface area contributed by atoms with Crippen molar-refractivity contribution in [3.05, 3.63) is 22.4 Å².